The molecule has 37 valence electrons. The van der Waals surface area contributed by atoms with Gasteiger partial charge in [0.25, 0.3) is 0 Å². The topological polar surface area (TPSA) is 29.1 Å². The molecule has 0 bridgehead atoms. The van der Waals surface area contributed by atoms with Crippen molar-refractivity contribution >= 4 is 0 Å². The molecule has 0 aromatic rings. The van der Waals surface area contributed by atoms with Gasteiger partial charge in [0.05, 0.1) is 6.61 Å². The first-order valence-corrected chi connectivity index (χ1v) is 1.63. The van der Waals surface area contributed by atoms with Gasteiger partial charge in [-0.15, -0.1) is 0 Å². The second-order valence-corrected chi connectivity index (χ2v) is 0.721. The predicted octanol–water partition coefficient (Wildman–Crippen LogP) is 0.361. The lowest BCUT2D eigenvalue weighted by Gasteiger charge is -1.87. The molecule has 0 aromatic heterocycles. The van der Waals surface area contributed by atoms with Crippen molar-refractivity contribution < 1.29 is 14.2 Å². The first kappa shape index (κ1) is 5.85. The summed E-state index contributed by atoms with van der Waals surface area (Å²) in [6, 6.07) is 0. The fraction of sp³-hybridized carbons (Fsp3) is 1.00. The molecule has 0 aliphatic rings. The Balaban J connectivity index is 2.34. The van der Waals surface area contributed by atoms with E-state index in [0.717, 1.165) is 0 Å². The highest BCUT2D eigenvalue weighted by Gasteiger charge is 1.77. The molecule has 1 radical (unpaired) electrons. The Kier molecular flexibility index (Phi) is 4.73. The van der Waals surface area contributed by atoms with Crippen molar-refractivity contribution in [3.8, 4) is 0 Å². The number of hydrogen-bond acceptors (Lipinski definition) is 1. The maximum absolute atomic E-state index is 10.8. The first-order chi connectivity index (χ1) is 2.91. The molecule has 0 atom stereocenters. The van der Waals surface area contributed by atoms with Crippen LogP contribution in [0.5, 0.6) is 0 Å². The highest BCUT2D eigenvalue weighted by atomic mass is 19.1. The van der Waals surface area contributed by atoms with Crippen molar-refractivity contribution in [2.24, 2.45) is 0 Å². The quantitative estimate of drug-likeness (QED) is 0.463. The summed E-state index contributed by atoms with van der Waals surface area (Å²) < 4.78 is 14.8. The van der Waals surface area contributed by atoms with Crippen molar-refractivity contribution in [2.45, 2.75) is 0 Å². The van der Waals surface area contributed by atoms with Crippen LogP contribution in [-0.2, 0) is 9.84 Å². The Labute approximate surface area is 35.5 Å². The first-order valence-electron chi connectivity index (χ1n) is 1.63. The fourth-order valence-electron chi connectivity index (χ4n) is 0.113. The lowest BCUT2D eigenvalue weighted by Crippen LogP contribution is -1.94. The summed E-state index contributed by atoms with van der Waals surface area (Å²) in [7, 11) is 0. The van der Waals surface area contributed by atoms with Crippen LogP contribution in [0.15, 0.2) is 0 Å². The summed E-state index contributed by atoms with van der Waals surface area (Å²) in [6.45, 7) is -1.22. The molecule has 0 amide bonds. The van der Waals surface area contributed by atoms with Gasteiger partial charge in [-0.2, -0.15) is 0 Å². The van der Waals surface area contributed by atoms with E-state index in [2.05, 4.69) is 4.74 Å². The Morgan fingerprint density at radius 3 is 2.50 bits per heavy atom. The van der Waals surface area contributed by atoms with Gasteiger partial charge in [-0.3, -0.25) is 0 Å². The number of alkyl halides is 1. The van der Waals surface area contributed by atoms with Gasteiger partial charge in [0, 0.05) is 0 Å². The minimum atomic E-state index is -0.845. The molecule has 0 unspecified atom stereocenters. The molecule has 0 saturated heterocycles. The van der Waals surface area contributed by atoms with Crippen LogP contribution in [-0.4, -0.2) is 20.1 Å². The van der Waals surface area contributed by atoms with Crippen LogP contribution in [0.3, 0.4) is 0 Å². The van der Waals surface area contributed by atoms with E-state index in [9.17, 15) is 9.50 Å². The van der Waals surface area contributed by atoms with Crippen LogP contribution in [0.4, 0.5) is 4.39 Å². The second kappa shape index (κ2) is 4.85. The largest absolute Gasteiger partial charge is 0.348 e. The maximum atomic E-state index is 10.8. The fourth-order valence-corrected chi connectivity index (χ4v) is 0.113. The highest BCUT2D eigenvalue weighted by molar-refractivity contribution is 4.14. The van der Waals surface area contributed by atoms with Gasteiger partial charge >= 0.3 is 0 Å². The zero-order valence-electron chi connectivity index (χ0n) is 3.32. The Hall–Kier alpha value is -0.150. The standard InChI is InChI=1S/C3H6FO2/c4-3-6-2-1-5/h1-3H2. The van der Waals surface area contributed by atoms with Gasteiger partial charge in [0.15, 0.2) is 6.86 Å². The van der Waals surface area contributed by atoms with E-state index in [0.29, 0.717) is 0 Å². The molecular weight excluding hydrogens is 87.0 g/mol. The number of halogens is 1. The second-order valence-electron chi connectivity index (χ2n) is 0.721. The SMILES string of the molecule is [O]CCOCF. The number of hydrogen-bond donors (Lipinski definition) is 0. The van der Waals surface area contributed by atoms with E-state index in [1.807, 2.05) is 0 Å². The third-order valence-corrected chi connectivity index (χ3v) is 0.305. The lowest BCUT2D eigenvalue weighted by atomic mass is 10.8. The van der Waals surface area contributed by atoms with Gasteiger partial charge in [0.2, 0.25) is 0 Å². The van der Waals surface area contributed by atoms with Crippen LogP contribution in [0.1, 0.15) is 0 Å². The summed E-state index contributed by atoms with van der Waals surface area (Å²) in [5, 5.41) is 9.40. The molecule has 0 fully saturated rings. The van der Waals surface area contributed by atoms with Crippen LogP contribution in [0.2, 0.25) is 0 Å². The molecule has 0 heterocycles. The Morgan fingerprint density at radius 1 is 1.67 bits per heavy atom. The molecule has 0 aliphatic heterocycles. The smallest absolute Gasteiger partial charge is 0.188 e. The minimum Gasteiger partial charge on any atom is -0.348 e. The van der Waals surface area contributed by atoms with Crippen LogP contribution in [0.25, 0.3) is 0 Å². The summed E-state index contributed by atoms with van der Waals surface area (Å²) in [5.41, 5.74) is 0. The van der Waals surface area contributed by atoms with Crippen molar-refractivity contribution in [3.05, 3.63) is 0 Å². The third-order valence-electron chi connectivity index (χ3n) is 0.305. The van der Waals surface area contributed by atoms with E-state index in [1.165, 1.54) is 0 Å². The molecule has 3 heteroatoms. The van der Waals surface area contributed by atoms with Gasteiger partial charge in [-0.1, -0.05) is 0 Å². The van der Waals surface area contributed by atoms with E-state index in [4.69, 9.17) is 0 Å². The van der Waals surface area contributed by atoms with Gasteiger partial charge < -0.3 is 4.74 Å². The van der Waals surface area contributed by atoms with Crippen LogP contribution in [0, 0.1) is 0 Å². The Bertz CT molecular complexity index is 20.8. The number of rotatable bonds is 3. The van der Waals surface area contributed by atoms with E-state index < -0.39 is 6.86 Å². The normalized spacial score (nSPS) is 9.00. The average molecular weight is 93.1 g/mol. The van der Waals surface area contributed by atoms with E-state index in [-0.39, 0.29) is 13.2 Å². The van der Waals surface area contributed by atoms with E-state index in [1.54, 1.807) is 0 Å². The van der Waals surface area contributed by atoms with Crippen LogP contribution >= 0.6 is 0 Å². The van der Waals surface area contributed by atoms with Crippen molar-refractivity contribution in [1.82, 2.24) is 0 Å². The van der Waals surface area contributed by atoms with Crippen molar-refractivity contribution in [3.63, 3.8) is 0 Å². The number of ether oxygens (including phenoxy) is 1. The maximum Gasteiger partial charge on any atom is 0.188 e. The van der Waals surface area contributed by atoms with Gasteiger partial charge in [-0.25, -0.2) is 9.50 Å². The van der Waals surface area contributed by atoms with Gasteiger partial charge in [0.1, 0.15) is 6.61 Å². The Morgan fingerprint density at radius 2 is 2.33 bits per heavy atom. The summed E-state index contributed by atoms with van der Waals surface area (Å²) in [6.07, 6.45) is 0. The third kappa shape index (κ3) is 3.85. The van der Waals surface area contributed by atoms with Gasteiger partial charge in [-0.05, 0) is 0 Å². The zero-order chi connectivity index (χ0) is 4.83. The zero-order valence-corrected chi connectivity index (χ0v) is 3.32. The minimum absolute atomic E-state index is 0.0174. The summed E-state index contributed by atoms with van der Waals surface area (Å²) >= 11 is 0. The molecule has 0 aliphatic carbocycles. The molecule has 6 heavy (non-hydrogen) atoms. The summed E-state index contributed by atoms with van der Waals surface area (Å²) in [4.78, 5) is 0. The summed E-state index contributed by atoms with van der Waals surface area (Å²) in [5.74, 6) is 0. The molecular formula is C3H6FO2. The highest BCUT2D eigenvalue weighted by Crippen LogP contribution is 1.70. The van der Waals surface area contributed by atoms with E-state index >= 15 is 0 Å². The molecule has 0 spiro atoms. The molecule has 0 saturated carbocycles. The monoisotopic (exact) mass is 93.0 g/mol. The van der Waals surface area contributed by atoms with Crippen molar-refractivity contribution in [2.75, 3.05) is 20.1 Å². The molecule has 0 rings (SSSR count). The molecule has 2 nitrogen and oxygen atoms in total. The van der Waals surface area contributed by atoms with Crippen molar-refractivity contribution in [1.29, 1.82) is 0 Å². The average Bonchev–Trinajstić information content (AvgIpc) is 1.61. The molecule has 0 aromatic carbocycles. The lowest BCUT2D eigenvalue weighted by molar-refractivity contribution is 0.0178. The van der Waals surface area contributed by atoms with Crippen LogP contribution < -0.4 is 0 Å². The molecule has 0 N–H and O–H groups in total. The predicted molar refractivity (Wildman–Crippen MR) is 17.5 cm³/mol.